The maximum absolute atomic E-state index is 13.8. The van der Waals surface area contributed by atoms with Crippen molar-refractivity contribution in [1.82, 2.24) is 9.62 Å². The van der Waals surface area contributed by atoms with Gasteiger partial charge < -0.3 is 19.5 Å². The van der Waals surface area contributed by atoms with E-state index < -0.39 is 39.8 Å². The van der Waals surface area contributed by atoms with Crippen LogP contribution in [0.3, 0.4) is 0 Å². The molecule has 0 aromatic heterocycles. The molecular formula is C37H48ClN3O7S. The molecule has 0 radical (unpaired) electrons. The average Bonchev–Trinajstić information content (AvgIpc) is 3.17. The van der Waals surface area contributed by atoms with Gasteiger partial charge in [-0.05, 0) is 113 Å². The van der Waals surface area contributed by atoms with Gasteiger partial charge in [-0.1, -0.05) is 29.8 Å². The molecular weight excluding hydrogens is 666 g/mol. The molecule has 10 nitrogen and oxygen atoms in total. The maximum atomic E-state index is 13.8. The Hall–Kier alpha value is -3.54. The van der Waals surface area contributed by atoms with E-state index in [1.165, 1.54) is 30.2 Å². The number of hydrogen-bond acceptors (Lipinski definition) is 8. The smallest absolute Gasteiger partial charge is 0.411 e. The van der Waals surface area contributed by atoms with Gasteiger partial charge in [0.15, 0.2) is 0 Å². The number of aryl methyl sites for hydroxylation is 1. The highest BCUT2D eigenvalue weighted by Gasteiger charge is 2.44. The van der Waals surface area contributed by atoms with E-state index in [-0.39, 0.29) is 28.7 Å². The van der Waals surface area contributed by atoms with Crippen LogP contribution in [0.1, 0.15) is 64.5 Å². The first-order valence-electron chi connectivity index (χ1n) is 16.9. The summed E-state index contributed by atoms with van der Waals surface area (Å²) in [5.74, 6) is -0.134. The summed E-state index contributed by atoms with van der Waals surface area (Å²) in [6, 6.07) is 9.45. The van der Waals surface area contributed by atoms with Crippen LogP contribution in [0, 0.1) is 11.8 Å². The summed E-state index contributed by atoms with van der Waals surface area (Å²) in [5.41, 5.74) is 1.78. The van der Waals surface area contributed by atoms with Gasteiger partial charge in [0.25, 0.3) is 15.9 Å². The number of amides is 2. The number of ether oxygens (including phenoxy) is 2. The van der Waals surface area contributed by atoms with Crippen molar-refractivity contribution in [3.05, 3.63) is 77.9 Å². The Bertz CT molecular complexity index is 1710. The lowest BCUT2D eigenvalue weighted by Crippen LogP contribution is -2.50. The Morgan fingerprint density at radius 2 is 1.98 bits per heavy atom. The number of benzene rings is 2. The van der Waals surface area contributed by atoms with Gasteiger partial charge in [0.05, 0.1) is 23.3 Å². The van der Waals surface area contributed by atoms with Gasteiger partial charge in [-0.3, -0.25) is 9.69 Å². The van der Waals surface area contributed by atoms with Crippen molar-refractivity contribution in [2.24, 2.45) is 11.8 Å². The number of aliphatic hydroxyl groups is 1. The lowest BCUT2D eigenvalue weighted by molar-refractivity contribution is -0.123. The lowest BCUT2D eigenvalue weighted by atomic mass is 9.68. The first kappa shape index (κ1) is 36.7. The first-order valence-corrected chi connectivity index (χ1v) is 18.7. The van der Waals surface area contributed by atoms with E-state index in [0.717, 1.165) is 37.0 Å². The predicted octanol–water partition coefficient (Wildman–Crippen LogP) is 6.00. The van der Waals surface area contributed by atoms with Gasteiger partial charge in [-0.2, -0.15) is 0 Å². The summed E-state index contributed by atoms with van der Waals surface area (Å²) in [6.45, 7) is 15.5. The second-order valence-electron chi connectivity index (χ2n) is 14.5. The molecule has 5 atom stereocenters. The van der Waals surface area contributed by atoms with Gasteiger partial charge in [-0.15, -0.1) is 13.2 Å². The summed E-state index contributed by atoms with van der Waals surface area (Å²) in [6.07, 6.45) is 6.19. The summed E-state index contributed by atoms with van der Waals surface area (Å²) < 4.78 is 41.6. The van der Waals surface area contributed by atoms with Crippen molar-refractivity contribution in [1.29, 1.82) is 0 Å². The first-order chi connectivity index (χ1) is 23.1. The van der Waals surface area contributed by atoms with E-state index in [1.54, 1.807) is 39.0 Å². The van der Waals surface area contributed by atoms with E-state index in [0.29, 0.717) is 36.2 Å². The molecule has 1 fully saturated rings. The number of sulfonamides is 1. The minimum Gasteiger partial charge on any atom is -0.490 e. The molecule has 1 saturated carbocycles. The summed E-state index contributed by atoms with van der Waals surface area (Å²) >= 11 is 6.39. The van der Waals surface area contributed by atoms with E-state index >= 15 is 0 Å². The molecule has 2 aliphatic carbocycles. The van der Waals surface area contributed by atoms with Crippen LogP contribution in [-0.2, 0) is 31.4 Å². The summed E-state index contributed by atoms with van der Waals surface area (Å²) in [5, 5.41) is 11.3. The Morgan fingerprint density at radius 3 is 2.63 bits per heavy atom. The standard InChI is InChI=1S/C37H48ClN3O7S/c1-7-18-41(35(44)48-36(4,5)6)24(3)34(43)39-49(45,46)28-13-16-33-31(20-28)40(21-26-11-14-29(26)32(42)8-2)22-37(23-47-33)17-9-10-25-19-27(38)12-15-30(25)37/h7-8,12-13,15-16,19-20,24,26,29,32,42H,1-2,9-11,14,17-18,21-23H2,3-6H3,(H,39,43)/t24?,26-,29+,32?,37-/m0/s1. The number of rotatable bonds is 10. The molecule has 5 rings (SSSR count). The number of hydrogen-bond donors (Lipinski definition) is 2. The Kier molecular flexibility index (Phi) is 10.8. The zero-order valence-corrected chi connectivity index (χ0v) is 30.4. The topological polar surface area (TPSA) is 125 Å². The van der Waals surface area contributed by atoms with Crippen LogP contribution >= 0.6 is 11.6 Å². The lowest BCUT2D eigenvalue weighted by Gasteiger charge is -2.45. The molecule has 1 heterocycles. The van der Waals surface area contributed by atoms with Crippen molar-refractivity contribution in [3.63, 3.8) is 0 Å². The zero-order chi connectivity index (χ0) is 35.7. The quantitative estimate of drug-likeness (QED) is 0.287. The Labute approximate surface area is 295 Å². The maximum Gasteiger partial charge on any atom is 0.411 e. The number of halogens is 1. The van der Waals surface area contributed by atoms with Crippen LogP contribution in [0.2, 0.25) is 5.02 Å². The molecule has 1 spiro atoms. The van der Waals surface area contributed by atoms with Gasteiger partial charge in [-0.25, -0.2) is 17.9 Å². The fourth-order valence-electron chi connectivity index (χ4n) is 7.26. The third kappa shape index (κ3) is 7.94. The van der Waals surface area contributed by atoms with Crippen molar-refractivity contribution in [3.8, 4) is 5.75 Å². The Balaban J connectivity index is 1.46. The van der Waals surface area contributed by atoms with Gasteiger partial charge in [0.2, 0.25) is 0 Å². The SMILES string of the molecule is C=CCN(C(=O)OC(C)(C)C)C(C)C(=O)NS(=O)(=O)c1ccc2c(c1)N(C[C@@H]1CC[C@H]1C(O)C=C)C[C@@]1(CCCc3cc(Cl)ccc31)CO2. The molecule has 2 aromatic rings. The molecule has 1 aliphatic heterocycles. The molecule has 2 unspecified atom stereocenters. The summed E-state index contributed by atoms with van der Waals surface area (Å²) in [4.78, 5) is 29.4. The van der Waals surface area contributed by atoms with Crippen LogP contribution in [0.25, 0.3) is 0 Å². The second kappa shape index (κ2) is 14.4. The van der Waals surface area contributed by atoms with Gasteiger partial charge in [0.1, 0.15) is 17.4 Å². The van der Waals surface area contributed by atoms with E-state index in [2.05, 4.69) is 28.8 Å². The average molecular weight is 714 g/mol. The zero-order valence-electron chi connectivity index (χ0n) is 28.8. The number of nitrogens with zero attached hydrogens (tertiary/aromatic N) is 2. The molecule has 3 aliphatic rings. The van der Waals surface area contributed by atoms with E-state index in [4.69, 9.17) is 21.1 Å². The molecule has 12 heteroatoms. The number of anilines is 1. The second-order valence-corrected chi connectivity index (χ2v) is 16.6. The largest absolute Gasteiger partial charge is 0.490 e. The third-order valence-electron chi connectivity index (χ3n) is 9.97. The monoisotopic (exact) mass is 713 g/mol. The highest BCUT2D eigenvalue weighted by molar-refractivity contribution is 7.90. The van der Waals surface area contributed by atoms with E-state index in [9.17, 15) is 23.1 Å². The molecule has 2 N–H and O–H groups in total. The van der Waals surface area contributed by atoms with Crippen LogP contribution in [0.4, 0.5) is 10.5 Å². The molecule has 266 valence electrons. The normalized spacial score (nSPS) is 23.0. The van der Waals surface area contributed by atoms with Crippen molar-refractivity contribution >= 4 is 39.3 Å². The fourth-order valence-corrected chi connectivity index (χ4v) is 8.52. The fraction of sp³-hybridized carbons (Fsp3) is 0.514. The molecule has 0 saturated heterocycles. The highest BCUT2D eigenvalue weighted by Crippen LogP contribution is 2.47. The third-order valence-corrected chi connectivity index (χ3v) is 11.5. The number of nitrogens with one attached hydrogen (secondary N) is 1. The molecule has 0 bridgehead atoms. The predicted molar refractivity (Wildman–Crippen MR) is 191 cm³/mol. The molecule has 2 amide bonds. The number of carbonyl (C=O) groups excluding carboxylic acids is 2. The Morgan fingerprint density at radius 1 is 1.22 bits per heavy atom. The van der Waals surface area contributed by atoms with Crippen LogP contribution < -0.4 is 14.4 Å². The van der Waals surface area contributed by atoms with Crippen LogP contribution in [0.15, 0.2) is 66.6 Å². The minimum absolute atomic E-state index is 0.0194. The van der Waals surface area contributed by atoms with Crippen molar-refractivity contribution in [2.45, 2.75) is 87.9 Å². The molecule has 2 aromatic carbocycles. The number of carbonyl (C=O) groups is 2. The van der Waals surface area contributed by atoms with Gasteiger partial charge >= 0.3 is 6.09 Å². The van der Waals surface area contributed by atoms with Crippen molar-refractivity contribution in [2.75, 3.05) is 31.1 Å². The van der Waals surface area contributed by atoms with Gasteiger partial charge in [0, 0.05) is 30.1 Å². The van der Waals surface area contributed by atoms with Crippen LogP contribution in [0.5, 0.6) is 5.75 Å². The van der Waals surface area contributed by atoms with E-state index in [1.807, 2.05) is 12.1 Å². The van der Waals surface area contributed by atoms with Crippen molar-refractivity contribution < 1.29 is 32.6 Å². The number of fused-ring (bicyclic) bond motifs is 3. The number of aliphatic hydroxyl groups excluding tert-OH is 1. The summed E-state index contributed by atoms with van der Waals surface area (Å²) in [7, 11) is -4.37. The minimum atomic E-state index is -4.37. The van der Waals surface area contributed by atoms with Crippen LogP contribution in [-0.4, -0.2) is 74.4 Å². The highest BCUT2D eigenvalue weighted by atomic mass is 35.5. The molecule has 49 heavy (non-hydrogen) atoms.